The van der Waals surface area contributed by atoms with Gasteiger partial charge in [-0.1, -0.05) is 6.08 Å². The highest BCUT2D eigenvalue weighted by Gasteiger charge is 2.33. The molecule has 1 atom stereocenters. The number of carbonyl (C=O) groups is 3. The van der Waals surface area contributed by atoms with Gasteiger partial charge in [0.2, 0.25) is 0 Å². The molecule has 0 saturated carbocycles. The van der Waals surface area contributed by atoms with Crippen LogP contribution in [-0.4, -0.2) is 38.7 Å². The summed E-state index contributed by atoms with van der Waals surface area (Å²) >= 11 is 0. The Morgan fingerprint density at radius 1 is 1.10 bits per heavy atom. The first-order valence-electron chi connectivity index (χ1n) is 6.31. The average Bonchev–Trinajstić information content (AvgIpc) is 2.46. The molecule has 6 nitrogen and oxygen atoms in total. The van der Waals surface area contributed by atoms with Gasteiger partial charge in [0.15, 0.2) is 5.92 Å². The Kier molecular flexibility index (Phi) is 9.92. The molecule has 0 rings (SSSR count). The molecule has 0 amide bonds. The predicted octanol–water partition coefficient (Wildman–Crippen LogP) is 1.13. The first kappa shape index (κ1) is 19.1. The Morgan fingerprint density at radius 3 is 2.14 bits per heavy atom. The molecule has 6 heteroatoms. The van der Waals surface area contributed by atoms with Gasteiger partial charge in [-0.15, -0.1) is 0 Å². The summed E-state index contributed by atoms with van der Waals surface area (Å²) in [6, 6.07) is 0. The van der Waals surface area contributed by atoms with Crippen molar-refractivity contribution in [3.05, 3.63) is 38.3 Å². The first-order chi connectivity index (χ1) is 9.97. The maximum Gasteiger partial charge on any atom is 0.330 e. The third kappa shape index (κ3) is 7.48. The number of esters is 3. The lowest BCUT2D eigenvalue weighted by atomic mass is 9.89. The average molecular weight is 296 g/mol. The van der Waals surface area contributed by atoms with E-state index in [1.165, 1.54) is 32.8 Å². The normalized spacial score (nSPS) is 12.2. The summed E-state index contributed by atoms with van der Waals surface area (Å²) in [6.45, 7) is 5.73. The van der Waals surface area contributed by atoms with E-state index in [2.05, 4.69) is 16.4 Å². The van der Waals surface area contributed by atoms with Crippen molar-refractivity contribution in [2.45, 2.75) is 6.92 Å². The molecule has 0 N–H and O–H groups in total. The van der Waals surface area contributed by atoms with Gasteiger partial charge in [0.05, 0.1) is 20.8 Å². The van der Waals surface area contributed by atoms with Crippen molar-refractivity contribution in [2.75, 3.05) is 20.8 Å². The second kappa shape index (κ2) is 10.9. The van der Waals surface area contributed by atoms with Gasteiger partial charge in [-0.3, -0.25) is 9.59 Å². The highest BCUT2D eigenvalue weighted by atomic mass is 16.5. The Hall–Kier alpha value is -1.85. The van der Waals surface area contributed by atoms with Crippen LogP contribution in [0.1, 0.15) is 6.92 Å². The van der Waals surface area contributed by atoms with Crippen LogP contribution in [0.15, 0.2) is 12.2 Å². The minimum atomic E-state index is -1.13. The van der Waals surface area contributed by atoms with Crippen molar-refractivity contribution in [1.29, 1.82) is 0 Å². The summed E-state index contributed by atoms with van der Waals surface area (Å²) in [5.74, 6) is -3.66. The number of carbonyl (C=O) groups excluding carboxylic acids is 3. The van der Waals surface area contributed by atoms with E-state index in [9.17, 15) is 14.4 Å². The Bertz CT molecular complexity index is 358. The fraction of sp³-hybridized carbons (Fsp3) is 0.400. The second-order valence-corrected chi connectivity index (χ2v) is 3.88. The van der Waals surface area contributed by atoms with E-state index in [-0.39, 0.29) is 0 Å². The standard InChI is InChI=1S/C15H20O6/c1-5-21-12(16)10-8-6-7-9-11(2)13(14(17)19-3)15(18)20-4/h6-11,13H,2,5H2,1,3-4H3/b10-8+/t11-/m0/s1. The molecular weight excluding hydrogens is 276 g/mol. The number of hydrogen-bond acceptors (Lipinski definition) is 6. The summed E-state index contributed by atoms with van der Waals surface area (Å²) < 4.78 is 13.8. The summed E-state index contributed by atoms with van der Waals surface area (Å²) in [6.07, 6.45) is 7.39. The fourth-order valence-corrected chi connectivity index (χ4v) is 1.41. The Morgan fingerprint density at radius 2 is 1.67 bits per heavy atom. The van der Waals surface area contributed by atoms with E-state index < -0.39 is 29.7 Å². The second-order valence-electron chi connectivity index (χ2n) is 3.88. The van der Waals surface area contributed by atoms with Crippen molar-refractivity contribution < 1.29 is 28.6 Å². The molecule has 21 heavy (non-hydrogen) atoms. The Balaban J connectivity index is 4.26. The van der Waals surface area contributed by atoms with Crippen LogP contribution in [0.3, 0.4) is 0 Å². The number of hydrogen-bond donors (Lipinski definition) is 0. The van der Waals surface area contributed by atoms with Crippen LogP contribution in [0, 0.1) is 38.0 Å². The van der Waals surface area contributed by atoms with Crippen molar-refractivity contribution in [2.24, 2.45) is 11.8 Å². The van der Waals surface area contributed by atoms with Crippen molar-refractivity contribution >= 4 is 17.9 Å². The zero-order valence-corrected chi connectivity index (χ0v) is 12.4. The van der Waals surface area contributed by atoms with Crippen LogP contribution in [0.5, 0.6) is 0 Å². The van der Waals surface area contributed by atoms with Gasteiger partial charge in [0, 0.05) is 6.08 Å². The van der Waals surface area contributed by atoms with Crippen molar-refractivity contribution in [3.8, 4) is 0 Å². The van der Waals surface area contributed by atoms with Gasteiger partial charge in [-0.2, -0.15) is 0 Å². The smallest absolute Gasteiger partial charge is 0.330 e. The molecule has 116 valence electrons. The van der Waals surface area contributed by atoms with Gasteiger partial charge in [0.1, 0.15) is 0 Å². The fourth-order valence-electron chi connectivity index (χ4n) is 1.41. The van der Waals surface area contributed by atoms with Crippen LogP contribution in [0.2, 0.25) is 0 Å². The Labute approximate surface area is 125 Å². The van der Waals surface area contributed by atoms with Crippen LogP contribution >= 0.6 is 0 Å². The van der Waals surface area contributed by atoms with E-state index in [0.717, 1.165) is 0 Å². The zero-order valence-electron chi connectivity index (χ0n) is 12.4. The summed E-state index contributed by atoms with van der Waals surface area (Å²) in [5, 5.41) is 0. The van der Waals surface area contributed by atoms with Crippen LogP contribution < -0.4 is 0 Å². The number of rotatable bonds is 9. The number of unbranched alkanes of at least 4 members (excludes halogenated alkanes) is 1. The topological polar surface area (TPSA) is 78.9 Å². The van der Waals surface area contributed by atoms with Crippen molar-refractivity contribution in [1.82, 2.24) is 0 Å². The summed E-state index contributed by atoms with van der Waals surface area (Å²) in [5.41, 5.74) is 0. The lowest BCUT2D eigenvalue weighted by Gasteiger charge is -2.18. The minimum absolute atomic E-state index is 0.305. The lowest BCUT2D eigenvalue weighted by molar-refractivity contribution is -0.160. The van der Waals surface area contributed by atoms with Gasteiger partial charge >= 0.3 is 17.9 Å². The molecule has 0 aliphatic carbocycles. The molecule has 4 radical (unpaired) electrons. The van der Waals surface area contributed by atoms with Crippen LogP contribution in [0.25, 0.3) is 0 Å². The predicted molar refractivity (Wildman–Crippen MR) is 75.0 cm³/mol. The quantitative estimate of drug-likeness (QED) is 0.209. The van der Waals surface area contributed by atoms with E-state index in [1.54, 1.807) is 19.8 Å². The highest BCUT2D eigenvalue weighted by Crippen LogP contribution is 2.19. The molecule has 0 bridgehead atoms. The highest BCUT2D eigenvalue weighted by molar-refractivity contribution is 5.95. The van der Waals surface area contributed by atoms with Crippen LogP contribution in [-0.2, 0) is 28.6 Å². The van der Waals surface area contributed by atoms with Gasteiger partial charge in [0.25, 0.3) is 0 Å². The van der Waals surface area contributed by atoms with E-state index in [4.69, 9.17) is 4.74 Å². The monoisotopic (exact) mass is 296 g/mol. The molecule has 0 aliphatic heterocycles. The largest absolute Gasteiger partial charge is 0.468 e. The third-order valence-corrected chi connectivity index (χ3v) is 2.44. The van der Waals surface area contributed by atoms with Gasteiger partial charge in [-0.05, 0) is 39.0 Å². The minimum Gasteiger partial charge on any atom is -0.468 e. The SMILES string of the molecule is [CH2][C@@H]([CH][CH][CH]/C=C/C(=O)OCC)C(C(=O)OC)C(=O)OC. The molecule has 0 heterocycles. The summed E-state index contributed by atoms with van der Waals surface area (Å²) in [7, 11) is 2.37. The number of ether oxygens (including phenoxy) is 3. The molecule has 0 aromatic heterocycles. The molecule has 0 unspecified atom stereocenters. The van der Waals surface area contributed by atoms with E-state index in [0.29, 0.717) is 6.61 Å². The molecule has 0 aliphatic rings. The first-order valence-corrected chi connectivity index (χ1v) is 6.31. The molecule has 0 fully saturated rings. The van der Waals surface area contributed by atoms with Crippen molar-refractivity contribution in [3.63, 3.8) is 0 Å². The molecule has 0 spiro atoms. The number of allylic oxidation sites excluding steroid dienone is 1. The number of methoxy groups -OCH3 is 2. The molecule has 0 aromatic rings. The maximum absolute atomic E-state index is 11.5. The summed E-state index contributed by atoms with van der Waals surface area (Å²) in [4.78, 5) is 34.1. The molecule has 0 aromatic carbocycles. The van der Waals surface area contributed by atoms with E-state index in [1.807, 2.05) is 0 Å². The molecule has 0 saturated heterocycles. The maximum atomic E-state index is 11.5. The zero-order chi connectivity index (χ0) is 16.3. The van der Waals surface area contributed by atoms with Crippen LogP contribution in [0.4, 0.5) is 0 Å². The lowest BCUT2D eigenvalue weighted by Crippen LogP contribution is -2.32. The van der Waals surface area contributed by atoms with E-state index >= 15 is 0 Å². The molecular formula is C15H20O6. The third-order valence-electron chi connectivity index (χ3n) is 2.44. The van der Waals surface area contributed by atoms with Gasteiger partial charge in [-0.25, -0.2) is 4.79 Å². The van der Waals surface area contributed by atoms with Gasteiger partial charge < -0.3 is 14.2 Å².